The minimum Gasteiger partial charge on any atom is -0.484 e. The lowest BCUT2D eigenvalue weighted by atomic mass is 10.3. The Kier molecular flexibility index (Phi) is 6.17. The maximum absolute atomic E-state index is 5.77. The third-order valence-corrected chi connectivity index (χ3v) is 3.00. The molecule has 0 amide bonds. The molecule has 7 heteroatoms. The second kappa shape index (κ2) is 7.40. The number of nitrogen functional groups attached to an aromatic ring is 1. The Balaban J connectivity index is 2.61. The predicted octanol–water partition coefficient (Wildman–Crippen LogP) is 1.59. The molecule has 104 valence electrons. The number of nitrogens with zero attached hydrogens (tertiary/aromatic N) is 1. The van der Waals surface area contributed by atoms with Gasteiger partial charge in [-0.15, -0.1) is 0 Å². The Morgan fingerprint density at radius 3 is 2.67 bits per heavy atom. The number of ether oxygens (including phenoxy) is 3. The summed E-state index contributed by atoms with van der Waals surface area (Å²) in [6.07, 6.45) is 0.0340. The predicted molar refractivity (Wildman–Crippen MR) is 73.5 cm³/mol. The molecule has 18 heavy (non-hydrogen) atoms. The Bertz CT molecular complexity index is 357. The number of nitrogens with one attached hydrogen (secondary N) is 1. The molecule has 0 radical (unpaired) electrons. The average molecular weight is 275 g/mol. The quantitative estimate of drug-likeness (QED) is 0.750. The normalized spacial score (nSPS) is 12.7. The van der Waals surface area contributed by atoms with Gasteiger partial charge >= 0.3 is 0 Å². The van der Waals surface area contributed by atoms with Gasteiger partial charge in [0.1, 0.15) is 0 Å². The Morgan fingerprint density at radius 2 is 2.11 bits per heavy atom. The highest BCUT2D eigenvalue weighted by Crippen LogP contribution is 2.35. The standard InChI is InChI=1S/C11H21N3O3S/c1-7(2)17-9-10(12)14-18-11(9)13-5-8(16-4)6-15-3/h7-8,13H,5-6H2,1-4H3,(H2,12,14). The number of rotatable bonds is 8. The molecule has 0 aliphatic heterocycles. The zero-order valence-corrected chi connectivity index (χ0v) is 12.0. The number of anilines is 2. The highest BCUT2D eigenvalue weighted by atomic mass is 32.1. The SMILES string of the molecule is COCC(CNc1snc(N)c1OC(C)C)OC. The zero-order valence-electron chi connectivity index (χ0n) is 11.2. The van der Waals surface area contributed by atoms with E-state index in [-0.39, 0.29) is 12.2 Å². The first kappa shape index (κ1) is 15.0. The summed E-state index contributed by atoms with van der Waals surface area (Å²) in [7, 11) is 3.29. The molecular formula is C11H21N3O3S. The molecule has 1 aromatic rings. The van der Waals surface area contributed by atoms with Crippen LogP contribution in [0.1, 0.15) is 13.8 Å². The Hall–Kier alpha value is -1.05. The van der Waals surface area contributed by atoms with E-state index in [0.29, 0.717) is 24.7 Å². The molecule has 1 heterocycles. The van der Waals surface area contributed by atoms with Crippen LogP contribution in [0.3, 0.4) is 0 Å². The van der Waals surface area contributed by atoms with Crippen LogP contribution in [0, 0.1) is 0 Å². The van der Waals surface area contributed by atoms with Gasteiger partial charge in [0.2, 0.25) is 0 Å². The molecule has 0 fully saturated rings. The minimum atomic E-state index is -0.0229. The van der Waals surface area contributed by atoms with Crippen LogP contribution in [-0.2, 0) is 9.47 Å². The molecule has 0 saturated heterocycles. The molecule has 1 atom stereocenters. The van der Waals surface area contributed by atoms with Crippen molar-refractivity contribution in [3.05, 3.63) is 0 Å². The third kappa shape index (κ3) is 4.32. The number of nitrogens with two attached hydrogens (primary N) is 1. The summed E-state index contributed by atoms with van der Waals surface area (Å²) in [5, 5.41) is 4.04. The summed E-state index contributed by atoms with van der Waals surface area (Å²) < 4.78 is 20.0. The highest BCUT2D eigenvalue weighted by Gasteiger charge is 2.16. The van der Waals surface area contributed by atoms with Crippen LogP contribution >= 0.6 is 11.5 Å². The Morgan fingerprint density at radius 1 is 1.39 bits per heavy atom. The molecule has 0 aromatic carbocycles. The molecular weight excluding hydrogens is 254 g/mol. The van der Waals surface area contributed by atoms with Gasteiger partial charge in [-0.1, -0.05) is 0 Å². The van der Waals surface area contributed by atoms with Gasteiger partial charge < -0.3 is 25.3 Å². The summed E-state index contributed by atoms with van der Waals surface area (Å²) in [4.78, 5) is 0. The van der Waals surface area contributed by atoms with E-state index in [1.807, 2.05) is 13.8 Å². The minimum absolute atomic E-state index is 0.0229. The summed E-state index contributed by atoms with van der Waals surface area (Å²) in [5.41, 5.74) is 5.77. The van der Waals surface area contributed by atoms with Crippen molar-refractivity contribution < 1.29 is 14.2 Å². The zero-order chi connectivity index (χ0) is 13.5. The third-order valence-electron chi connectivity index (χ3n) is 2.20. The largest absolute Gasteiger partial charge is 0.484 e. The van der Waals surface area contributed by atoms with Gasteiger partial charge in [0.05, 0.1) is 18.8 Å². The van der Waals surface area contributed by atoms with Gasteiger partial charge in [-0.2, -0.15) is 4.37 Å². The number of hydrogen-bond acceptors (Lipinski definition) is 7. The smallest absolute Gasteiger partial charge is 0.197 e. The van der Waals surface area contributed by atoms with Gasteiger partial charge in [-0.3, -0.25) is 0 Å². The van der Waals surface area contributed by atoms with Crippen LogP contribution in [-0.4, -0.2) is 44.0 Å². The van der Waals surface area contributed by atoms with Crippen LogP contribution in [0.25, 0.3) is 0 Å². The fourth-order valence-electron chi connectivity index (χ4n) is 1.36. The second-order valence-electron chi connectivity index (χ2n) is 4.09. The van der Waals surface area contributed by atoms with E-state index in [2.05, 4.69) is 9.69 Å². The maximum Gasteiger partial charge on any atom is 0.197 e. The fraction of sp³-hybridized carbons (Fsp3) is 0.727. The van der Waals surface area contributed by atoms with Crippen LogP contribution in [0.2, 0.25) is 0 Å². The average Bonchev–Trinajstić information content (AvgIpc) is 2.66. The van der Waals surface area contributed by atoms with E-state index >= 15 is 0 Å². The molecule has 0 aliphatic carbocycles. The van der Waals surface area contributed by atoms with E-state index in [0.717, 1.165) is 5.00 Å². The summed E-state index contributed by atoms with van der Waals surface area (Å²) in [6, 6.07) is 0. The fourth-order valence-corrected chi connectivity index (χ4v) is 2.01. The van der Waals surface area contributed by atoms with Gasteiger partial charge in [0, 0.05) is 20.8 Å². The molecule has 0 spiro atoms. The monoisotopic (exact) mass is 275 g/mol. The molecule has 1 rings (SSSR count). The van der Waals surface area contributed by atoms with Crippen molar-refractivity contribution in [1.82, 2.24) is 4.37 Å². The van der Waals surface area contributed by atoms with E-state index in [1.54, 1.807) is 14.2 Å². The van der Waals surface area contributed by atoms with E-state index in [4.69, 9.17) is 19.9 Å². The van der Waals surface area contributed by atoms with Crippen LogP contribution in [0.15, 0.2) is 0 Å². The number of methoxy groups -OCH3 is 2. The van der Waals surface area contributed by atoms with E-state index in [9.17, 15) is 0 Å². The first-order valence-electron chi connectivity index (χ1n) is 5.75. The van der Waals surface area contributed by atoms with E-state index in [1.165, 1.54) is 11.5 Å². The highest BCUT2D eigenvalue weighted by molar-refractivity contribution is 7.11. The van der Waals surface area contributed by atoms with Gasteiger partial charge in [-0.25, -0.2) is 0 Å². The molecule has 6 nitrogen and oxygen atoms in total. The maximum atomic E-state index is 5.77. The molecule has 0 saturated carbocycles. The number of aromatic nitrogens is 1. The first-order valence-corrected chi connectivity index (χ1v) is 6.53. The first-order chi connectivity index (χ1) is 8.58. The Labute approximate surface area is 112 Å². The lowest BCUT2D eigenvalue weighted by Gasteiger charge is -2.16. The van der Waals surface area contributed by atoms with Crippen molar-refractivity contribution in [2.75, 3.05) is 38.4 Å². The summed E-state index contributed by atoms with van der Waals surface area (Å²) in [5.74, 6) is 1.03. The van der Waals surface area contributed by atoms with Crippen LogP contribution in [0.4, 0.5) is 10.8 Å². The lowest BCUT2D eigenvalue weighted by Crippen LogP contribution is -2.26. The van der Waals surface area contributed by atoms with Crippen molar-refractivity contribution in [3.8, 4) is 5.75 Å². The van der Waals surface area contributed by atoms with Crippen LogP contribution < -0.4 is 15.8 Å². The molecule has 0 aliphatic rings. The van der Waals surface area contributed by atoms with Crippen molar-refractivity contribution >= 4 is 22.4 Å². The van der Waals surface area contributed by atoms with Gasteiger partial charge in [0.15, 0.2) is 16.6 Å². The van der Waals surface area contributed by atoms with Crippen molar-refractivity contribution in [2.45, 2.75) is 26.1 Å². The second-order valence-corrected chi connectivity index (χ2v) is 4.86. The molecule has 1 unspecified atom stereocenters. The van der Waals surface area contributed by atoms with Gasteiger partial charge in [-0.05, 0) is 25.4 Å². The topological polar surface area (TPSA) is 78.6 Å². The lowest BCUT2D eigenvalue weighted by molar-refractivity contribution is 0.0366. The van der Waals surface area contributed by atoms with Crippen molar-refractivity contribution in [2.24, 2.45) is 0 Å². The van der Waals surface area contributed by atoms with Crippen molar-refractivity contribution in [3.63, 3.8) is 0 Å². The van der Waals surface area contributed by atoms with E-state index < -0.39 is 0 Å². The summed E-state index contributed by atoms with van der Waals surface area (Å²) in [6.45, 7) is 5.03. The molecule has 1 aromatic heterocycles. The van der Waals surface area contributed by atoms with Crippen molar-refractivity contribution in [1.29, 1.82) is 0 Å². The van der Waals surface area contributed by atoms with Crippen LogP contribution in [0.5, 0.6) is 5.75 Å². The van der Waals surface area contributed by atoms with Gasteiger partial charge in [0.25, 0.3) is 0 Å². The summed E-state index contributed by atoms with van der Waals surface area (Å²) >= 11 is 1.28. The number of hydrogen-bond donors (Lipinski definition) is 2. The molecule has 3 N–H and O–H groups in total. The molecule has 0 bridgehead atoms.